The molecule has 0 fully saturated rings. The van der Waals surface area contributed by atoms with Crippen LogP contribution in [0, 0.1) is 12.7 Å². The van der Waals surface area contributed by atoms with Gasteiger partial charge in [0.1, 0.15) is 28.5 Å². The lowest BCUT2D eigenvalue weighted by atomic mass is 9.98. The third kappa shape index (κ3) is 5.86. The standard InChI is InChI=1S/C31H27FN4O5/c1-17-13-26(36-41-17)34-30(39)31(2,3)35-29(38)21-6-4-5-19(15-21)20-9-12-24-23(16-20)27(28(33)37)25(40-24)14-18-7-10-22(32)11-8-18/h4-13,15-16H,14H2,1-3H3,(H2,33,37)(H,35,38)(H,34,36,39). The predicted molar refractivity (Wildman–Crippen MR) is 151 cm³/mol. The van der Waals surface area contributed by atoms with Gasteiger partial charge in [-0.2, -0.15) is 0 Å². The van der Waals surface area contributed by atoms with E-state index in [9.17, 15) is 18.8 Å². The fourth-order valence-electron chi connectivity index (χ4n) is 4.46. The summed E-state index contributed by atoms with van der Waals surface area (Å²) in [5.41, 5.74) is 7.73. The zero-order chi connectivity index (χ0) is 29.3. The number of fused-ring (bicyclic) bond motifs is 1. The Morgan fingerprint density at radius 1 is 0.976 bits per heavy atom. The van der Waals surface area contributed by atoms with Gasteiger partial charge in [-0.1, -0.05) is 35.5 Å². The highest BCUT2D eigenvalue weighted by molar-refractivity contribution is 6.08. The maximum absolute atomic E-state index is 13.3. The lowest BCUT2D eigenvalue weighted by molar-refractivity contribution is -0.121. The van der Waals surface area contributed by atoms with Gasteiger partial charge in [0.25, 0.3) is 17.7 Å². The summed E-state index contributed by atoms with van der Waals surface area (Å²) in [5, 5.41) is 9.66. The number of aromatic nitrogens is 1. The first-order valence-electron chi connectivity index (χ1n) is 12.8. The molecule has 208 valence electrons. The third-order valence-electron chi connectivity index (χ3n) is 6.61. The molecule has 0 aliphatic heterocycles. The molecule has 41 heavy (non-hydrogen) atoms. The van der Waals surface area contributed by atoms with Crippen molar-refractivity contribution < 1.29 is 27.7 Å². The van der Waals surface area contributed by atoms with Crippen LogP contribution < -0.4 is 16.4 Å². The molecule has 2 heterocycles. The molecule has 3 aromatic carbocycles. The fraction of sp³-hybridized carbons (Fsp3) is 0.161. The van der Waals surface area contributed by atoms with Crippen molar-refractivity contribution in [2.75, 3.05) is 5.32 Å². The number of furan rings is 1. The van der Waals surface area contributed by atoms with Crippen LogP contribution >= 0.6 is 0 Å². The maximum atomic E-state index is 13.3. The number of benzene rings is 3. The molecule has 0 aliphatic rings. The van der Waals surface area contributed by atoms with Gasteiger partial charge in [0.05, 0.1) is 5.56 Å². The molecule has 3 amide bonds. The smallest absolute Gasteiger partial charge is 0.252 e. The lowest BCUT2D eigenvalue weighted by Crippen LogP contribution is -2.52. The maximum Gasteiger partial charge on any atom is 0.252 e. The van der Waals surface area contributed by atoms with E-state index >= 15 is 0 Å². The van der Waals surface area contributed by atoms with Crippen molar-refractivity contribution >= 4 is 34.5 Å². The van der Waals surface area contributed by atoms with Crippen LogP contribution in [-0.2, 0) is 11.2 Å². The quantitative estimate of drug-likeness (QED) is 0.235. The van der Waals surface area contributed by atoms with Crippen molar-refractivity contribution in [1.82, 2.24) is 10.5 Å². The van der Waals surface area contributed by atoms with Gasteiger partial charge in [-0.25, -0.2) is 4.39 Å². The molecule has 9 nitrogen and oxygen atoms in total. The average molecular weight is 555 g/mol. The van der Waals surface area contributed by atoms with Crippen LogP contribution in [0.2, 0.25) is 0 Å². The minimum absolute atomic E-state index is 0.246. The number of nitrogens with two attached hydrogens (primary N) is 1. The van der Waals surface area contributed by atoms with Crippen molar-refractivity contribution in [3.8, 4) is 11.1 Å². The number of nitrogens with zero attached hydrogens (tertiary/aromatic N) is 1. The number of rotatable bonds is 8. The molecule has 2 aromatic heterocycles. The van der Waals surface area contributed by atoms with Crippen molar-refractivity contribution in [3.63, 3.8) is 0 Å². The minimum atomic E-state index is -1.26. The zero-order valence-electron chi connectivity index (χ0n) is 22.6. The zero-order valence-corrected chi connectivity index (χ0v) is 22.6. The highest BCUT2D eigenvalue weighted by Gasteiger charge is 2.30. The number of amides is 3. The first-order valence-corrected chi connectivity index (χ1v) is 12.8. The molecular formula is C31H27FN4O5. The van der Waals surface area contributed by atoms with Crippen LogP contribution in [0.25, 0.3) is 22.1 Å². The van der Waals surface area contributed by atoms with Gasteiger partial charge in [-0.15, -0.1) is 0 Å². The van der Waals surface area contributed by atoms with Crippen LogP contribution in [0.3, 0.4) is 0 Å². The number of carbonyl (C=O) groups is 3. The summed E-state index contributed by atoms with van der Waals surface area (Å²) < 4.78 is 24.3. The van der Waals surface area contributed by atoms with Crippen LogP contribution in [0.15, 0.2) is 81.7 Å². The Hall–Kier alpha value is -5.25. The number of halogens is 1. The second kappa shape index (κ2) is 10.7. The number of carbonyl (C=O) groups excluding carboxylic acids is 3. The van der Waals surface area contributed by atoms with Crippen molar-refractivity contribution in [1.29, 1.82) is 0 Å². The molecule has 0 spiro atoms. The highest BCUT2D eigenvalue weighted by atomic mass is 19.1. The number of nitrogens with one attached hydrogen (secondary N) is 2. The number of aryl methyl sites for hydroxylation is 1. The normalized spacial score (nSPS) is 11.4. The van der Waals surface area contributed by atoms with E-state index in [2.05, 4.69) is 15.8 Å². The van der Waals surface area contributed by atoms with Gasteiger partial charge >= 0.3 is 0 Å². The van der Waals surface area contributed by atoms with Gasteiger partial charge in [0.15, 0.2) is 5.82 Å². The SMILES string of the molecule is Cc1cc(NC(=O)C(C)(C)NC(=O)c2cccc(-c3ccc4oc(Cc5ccc(F)cc5)c(C(N)=O)c4c3)c2)no1. The Labute approximate surface area is 234 Å². The summed E-state index contributed by atoms with van der Waals surface area (Å²) in [6.07, 6.45) is 0.262. The Morgan fingerprint density at radius 2 is 1.71 bits per heavy atom. The summed E-state index contributed by atoms with van der Waals surface area (Å²) in [4.78, 5) is 38.3. The van der Waals surface area contributed by atoms with Gasteiger partial charge < -0.3 is 25.3 Å². The van der Waals surface area contributed by atoms with Gasteiger partial charge in [0.2, 0.25) is 0 Å². The first kappa shape index (κ1) is 27.3. The molecule has 0 unspecified atom stereocenters. The second-order valence-electron chi connectivity index (χ2n) is 10.2. The number of anilines is 1. The predicted octanol–water partition coefficient (Wildman–Crippen LogP) is 5.37. The lowest BCUT2D eigenvalue weighted by Gasteiger charge is -2.24. The van der Waals surface area contributed by atoms with E-state index in [1.54, 1.807) is 69.3 Å². The molecular weight excluding hydrogens is 527 g/mol. The monoisotopic (exact) mass is 554 g/mol. The molecule has 10 heteroatoms. The van der Waals surface area contributed by atoms with E-state index in [-0.39, 0.29) is 23.6 Å². The van der Waals surface area contributed by atoms with Crippen LogP contribution in [-0.4, -0.2) is 28.4 Å². The number of primary amides is 1. The molecule has 0 aliphatic carbocycles. The average Bonchev–Trinajstić information content (AvgIpc) is 3.51. The van der Waals surface area contributed by atoms with Crippen LogP contribution in [0.5, 0.6) is 0 Å². The molecule has 0 radical (unpaired) electrons. The Kier molecular flexibility index (Phi) is 7.15. The van der Waals surface area contributed by atoms with E-state index in [0.717, 1.165) is 11.1 Å². The number of hydrogen-bond acceptors (Lipinski definition) is 6. The number of hydrogen-bond donors (Lipinski definition) is 3. The van der Waals surface area contributed by atoms with Crippen LogP contribution in [0.4, 0.5) is 10.2 Å². The summed E-state index contributed by atoms with van der Waals surface area (Å²) in [5.74, 6) is -0.744. The Bertz CT molecular complexity index is 1790. The molecule has 0 saturated carbocycles. The topological polar surface area (TPSA) is 140 Å². The summed E-state index contributed by atoms with van der Waals surface area (Å²) in [6.45, 7) is 4.87. The first-order chi connectivity index (χ1) is 19.5. The van der Waals surface area contributed by atoms with Gasteiger partial charge in [-0.3, -0.25) is 14.4 Å². The highest BCUT2D eigenvalue weighted by Crippen LogP contribution is 2.32. The minimum Gasteiger partial charge on any atom is -0.460 e. The molecule has 0 saturated heterocycles. The largest absolute Gasteiger partial charge is 0.460 e. The summed E-state index contributed by atoms with van der Waals surface area (Å²) in [6, 6.07) is 19.7. The summed E-state index contributed by atoms with van der Waals surface area (Å²) >= 11 is 0. The van der Waals surface area contributed by atoms with Gasteiger partial charge in [-0.05, 0) is 73.9 Å². The third-order valence-corrected chi connectivity index (χ3v) is 6.61. The molecule has 5 rings (SSSR count). The van der Waals surface area contributed by atoms with E-state index in [1.807, 2.05) is 12.1 Å². The van der Waals surface area contributed by atoms with E-state index < -0.39 is 23.3 Å². The fourth-order valence-corrected chi connectivity index (χ4v) is 4.46. The Morgan fingerprint density at radius 3 is 2.39 bits per heavy atom. The van der Waals surface area contributed by atoms with Crippen molar-refractivity contribution in [2.24, 2.45) is 5.73 Å². The van der Waals surface area contributed by atoms with E-state index in [4.69, 9.17) is 14.7 Å². The van der Waals surface area contributed by atoms with E-state index in [0.29, 0.717) is 33.6 Å². The molecule has 4 N–H and O–H groups in total. The molecule has 5 aromatic rings. The molecule has 0 atom stereocenters. The van der Waals surface area contributed by atoms with Gasteiger partial charge in [0, 0.05) is 23.4 Å². The summed E-state index contributed by atoms with van der Waals surface area (Å²) in [7, 11) is 0. The second-order valence-corrected chi connectivity index (χ2v) is 10.2. The van der Waals surface area contributed by atoms with Crippen LogP contribution in [0.1, 0.15) is 51.6 Å². The van der Waals surface area contributed by atoms with Crippen molar-refractivity contribution in [2.45, 2.75) is 32.7 Å². The van der Waals surface area contributed by atoms with Crippen molar-refractivity contribution in [3.05, 3.63) is 107 Å². The Balaban J connectivity index is 1.39. The molecule has 0 bridgehead atoms. The van der Waals surface area contributed by atoms with E-state index in [1.165, 1.54) is 12.1 Å².